The van der Waals surface area contributed by atoms with Gasteiger partial charge in [-0.05, 0) is 131 Å². The summed E-state index contributed by atoms with van der Waals surface area (Å²) in [6.07, 6.45) is 35.5. The molecule has 0 aromatic rings. The first kappa shape index (κ1) is 119. The predicted molar refractivity (Wildman–Crippen MR) is 420 cm³/mol. The Morgan fingerprint density at radius 3 is 0.914 bits per heavy atom. The molecular formula is C78H123BBr2K2O21Si. The number of carbonyl (C=O) groups is 9. The van der Waals surface area contributed by atoms with E-state index in [0.717, 1.165) is 23.8 Å². The van der Waals surface area contributed by atoms with Crippen LogP contribution in [0.1, 0.15) is 131 Å². The molecule has 27 heteroatoms. The number of ether oxygens (including phenoxy) is 5. The number of rotatable bonds is 44. The number of alkyl halides is 2. The van der Waals surface area contributed by atoms with Crippen LogP contribution in [0.15, 0.2) is 174 Å². The second-order valence-corrected chi connectivity index (χ2v) is 32.1. The van der Waals surface area contributed by atoms with Crippen molar-refractivity contribution in [2.75, 3.05) is 45.9 Å². The van der Waals surface area contributed by atoms with Crippen LogP contribution in [0.25, 0.3) is 0 Å². The van der Waals surface area contributed by atoms with Crippen molar-refractivity contribution in [3.8, 4) is 0 Å². The molecular weight excluding hydrogens is 1550 g/mol. The quantitative estimate of drug-likeness (QED) is 0.0128. The molecule has 1 aliphatic rings. The molecule has 1 rings (SSSR count). The number of carboxylic acid groups (broad SMARTS) is 5. The molecule has 0 amide bonds. The van der Waals surface area contributed by atoms with Crippen molar-refractivity contribution in [3.63, 3.8) is 0 Å². The van der Waals surface area contributed by atoms with Crippen LogP contribution in [0.2, 0.25) is 26.0 Å². The van der Waals surface area contributed by atoms with Gasteiger partial charge in [0.05, 0.1) is 87.5 Å². The van der Waals surface area contributed by atoms with Gasteiger partial charge in [0, 0.05) is 43.4 Å². The molecule has 8 atom stereocenters. The third kappa shape index (κ3) is 71.4. The smallest absolute Gasteiger partial charge is 0.550 e. The van der Waals surface area contributed by atoms with Gasteiger partial charge in [0.1, 0.15) is 0 Å². The molecule has 1 heterocycles. The summed E-state index contributed by atoms with van der Waals surface area (Å²) in [7, 11) is 4.18. The Bertz CT molecular complexity index is 2510. The van der Waals surface area contributed by atoms with Crippen molar-refractivity contribution in [2.45, 2.75) is 169 Å². The van der Waals surface area contributed by atoms with Crippen LogP contribution in [-0.2, 0) is 76.1 Å². The predicted octanol–water partition coefficient (Wildman–Crippen LogP) is 8.96. The molecule has 3 N–H and O–H groups in total. The minimum atomic E-state index is -1.26. The van der Waals surface area contributed by atoms with Crippen molar-refractivity contribution in [1.82, 2.24) is 0 Å². The molecule has 1 aliphatic heterocycles. The van der Waals surface area contributed by atoms with Crippen molar-refractivity contribution in [2.24, 2.45) is 47.3 Å². The van der Waals surface area contributed by atoms with Crippen LogP contribution in [0.4, 0.5) is 0 Å². The Labute approximate surface area is 732 Å². The first-order valence-corrected chi connectivity index (χ1v) is 39.5. The average molecular weight is 1670 g/mol. The summed E-state index contributed by atoms with van der Waals surface area (Å²) in [6, 6.07) is 0. The Morgan fingerprint density at radius 1 is 0.457 bits per heavy atom. The van der Waals surface area contributed by atoms with E-state index in [9.17, 15) is 53.4 Å². The maximum atomic E-state index is 11.8. The topological polar surface area (TPSA) is 325 Å². The maximum absolute atomic E-state index is 11.8. The Morgan fingerprint density at radius 2 is 0.714 bits per heavy atom. The Kier molecular flexibility index (Phi) is 88.8. The van der Waals surface area contributed by atoms with Gasteiger partial charge >= 0.3 is 152 Å². The second kappa shape index (κ2) is 78.1. The van der Waals surface area contributed by atoms with Crippen molar-refractivity contribution in [3.05, 3.63) is 174 Å². The molecule has 0 bridgehead atoms. The standard InChI is InChI=1S/C17H24O4.C15H20O4.C13H20O4.C12H25BO2Si.C11H16O4.C5H8O2.C4H10O.CH2Br2.2K/c1-5-7-9-11-14(16(18)20-3)13-15(17(19)21-4)12-10-8-6-2;1-3-5-7-9-12(14(16)17)11-13(15(18)19)10-8-6-4-2;1-5-7-10(12(14)16-3)9-11(8-6-2)13(15)17-4;1-11(2)12(3,4)15-13(14-11)9-8-10-16(5,6)7;1-3-5-8(10(12)13)7-9(6-4-2)11(14)15;1-2-3-4-5(6)7;1-3-5-4-2;2-1-3;;/h5-10,14-15H,1-2,11-13H2,3-4H3;3-8,12-13H,1-2,9-11H2,(H,16,17)(H,18,19);5-6,10-11H,1-2,7-9H2,3-4H3;8,10H,9H2,1-7H3;3-4,8-9H,1-2,5-7H2,(H,12,13)(H,14,15);2H,1,3-4H2,(H,6,7);3-4H2,1-2H3;1H2;;/q;;;;;;;;2*+1/p-2/b9-7+,10-8+;7-5+,8-6+;;10-8+;;;;;;. The van der Waals surface area contributed by atoms with Crippen LogP contribution in [0.5, 0.6) is 0 Å². The van der Waals surface area contributed by atoms with Crippen LogP contribution in [0.3, 0.4) is 0 Å². The molecule has 105 heavy (non-hydrogen) atoms. The fraction of sp³-hybridized carbons (Fsp3) is 0.526. The van der Waals surface area contributed by atoms with E-state index < -0.39 is 61.6 Å². The fourth-order valence-electron chi connectivity index (χ4n) is 8.55. The molecule has 0 aliphatic carbocycles. The number of esters is 4. The first-order chi connectivity index (χ1) is 48.4. The van der Waals surface area contributed by atoms with Crippen LogP contribution >= 0.6 is 31.9 Å². The molecule has 1 fully saturated rings. The molecule has 21 nitrogen and oxygen atoms in total. The monoisotopic (exact) mass is 1670 g/mol. The van der Waals surface area contributed by atoms with E-state index in [0.29, 0.717) is 44.9 Å². The summed E-state index contributed by atoms with van der Waals surface area (Å²) in [5.74, 6) is -11.1. The summed E-state index contributed by atoms with van der Waals surface area (Å²) in [5, 5.41) is 47.6. The normalized spacial score (nSPS) is 14.3. The Balaban J connectivity index is -0.000000149. The Hall–Kier alpha value is -4.02. The van der Waals surface area contributed by atoms with Crippen LogP contribution in [-0.4, -0.2) is 141 Å². The second-order valence-electron chi connectivity index (χ2n) is 24.4. The summed E-state index contributed by atoms with van der Waals surface area (Å²) in [4.78, 5) is 99.8. The van der Waals surface area contributed by atoms with Gasteiger partial charge in [-0.2, -0.15) is 0 Å². The number of halogens is 2. The van der Waals surface area contributed by atoms with Crippen LogP contribution in [0, 0.1) is 47.3 Å². The molecule has 0 radical (unpaired) electrons. The number of hydrogen-bond donors (Lipinski definition) is 3. The third-order valence-electron chi connectivity index (χ3n) is 14.6. The van der Waals surface area contributed by atoms with Gasteiger partial charge in [0.25, 0.3) is 0 Å². The largest absolute Gasteiger partial charge is 1.00 e. The average Bonchev–Trinajstić information content (AvgIpc) is 1.64. The van der Waals surface area contributed by atoms with Gasteiger partial charge in [-0.15, -0.1) is 32.9 Å². The third-order valence-corrected chi connectivity index (χ3v) is 15.8. The summed E-state index contributed by atoms with van der Waals surface area (Å²) >= 11 is 6.12. The van der Waals surface area contributed by atoms with Crippen LogP contribution < -0.4 is 113 Å². The van der Waals surface area contributed by atoms with Crippen molar-refractivity contribution in [1.29, 1.82) is 0 Å². The zero-order valence-corrected chi connectivity index (χ0v) is 76.1. The summed E-state index contributed by atoms with van der Waals surface area (Å²) in [6.45, 7) is 52.6. The van der Waals surface area contributed by atoms with E-state index in [1.807, 2.05) is 26.0 Å². The SMILES string of the molecule is BrCBr.C=C/C=C/CC(CC(C/C=C/C=C)C(=O)OC)C(=O)OC.C=C/C=C/CC(CC(C/C=C/C=C)C(=O)[O-])C(=O)[O-].C=CCC(CC(CC=C)C(=O)O)C(=O)O.C=CCC(CC(CC=C)C(=O)OC)C(=O)OC.C=CCCC(=O)O.CC1(C)OB(C/C=C/[Si](C)(C)C)OC1(C)C.CCOCC.[K+].[K+]. The molecule has 1 saturated heterocycles. The molecule has 0 aromatic carbocycles. The van der Waals surface area contributed by atoms with E-state index in [1.54, 1.807) is 66.8 Å². The van der Waals surface area contributed by atoms with Crippen molar-refractivity contribution >= 4 is 101 Å². The minimum Gasteiger partial charge on any atom is -0.550 e. The fourth-order valence-corrected chi connectivity index (χ4v) is 9.40. The van der Waals surface area contributed by atoms with Gasteiger partial charge in [-0.1, -0.05) is 193 Å². The molecule has 0 saturated carbocycles. The van der Waals surface area contributed by atoms with Crippen molar-refractivity contribution < 1.29 is 204 Å². The molecule has 0 spiro atoms. The molecule has 8 unspecified atom stereocenters. The number of carboxylic acids is 5. The zero-order valence-electron chi connectivity index (χ0n) is 65.7. The molecule has 0 aromatic heterocycles. The number of hydrogen-bond acceptors (Lipinski definition) is 18. The summed E-state index contributed by atoms with van der Waals surface area (Å²) < 4.78 is 36.5. The van der Waals surface area contributed by atoms with E-state index >= 15 is 0 Å². The van der Waals surface area contributed by atoms with Gasteiger partial charge in [-0.25, -0.2) is 0 Å². The van der Waals surface area contributed by atoms with E-state index in [4.69, 9.17) is 48.3 Å². The van der Waals surface area contributed by atoms with E-state index in [-0.39, 0.29) is 214 Å². The minimum absolute atomic E-state index is 0. The number of allylic oxidation sites excluding steroid dienone is 18. The maximum Gasteiger partial charge on any atom is 1.00 e. The number of aliphatic carboxylic acids is 5. The van der Waals surface area contributed by atoms with Gasteiger partial charge < -0.3 is 68.1 Å². The molecule has 584 valence electrons. The van der Waals surface area contributed by atoms with E-state index in [2.05, 4.69) is 150 Å². The number of carbonyl (C=O) groups excluding carboxylic acids is 6. The van der Waals surface area contributed by atoms with E-state index in [1.165, 1.54) is 52.7 Å². The van der Waals surface area contributed by atoms with Gasteiger partial charge in [-0.3, -0.25) is 33.6 Å². The van der Waals surface area contributed by atoms with Gasteiger partial charge in [0.2, 0.25) is 0 Å². The number of methoxy groups -OCH3 is 4. The van der Waals surface area contributed by atoms with Gasteiger partial charge in [0.15, 0.2) is 0 Å². The first-order valence-electron chi connectivity index (χ1n) is 33.7. The summed E-state index contributed by atoms with van der Waals surface area (Å²) in [5.41, 5.74) is 1.94. The zero-order chi connectivity index (χ0) is 81.0.